The molecule has 3 aromatic carbocycles. The summed E-state index contributed by atoms with van der Waals surface area (Å²) in [5.41, 5.74) is 5.00. The largest absolute Gasteiger partial charge is 0.317 e. The van der Waals surface area contributed by atoms with Crippen LogP contribution in [0.15, 0.2) is 82.2 Å². The molecule has 0 aliphatic carbocycles. The monoisotopic (exact) mass is 516 g/mol. The van der Waals surface area contributed by atoms with Crippen LogP contribution in [0.5, 0.6) is 0 Å². The van der Waals surface area contributed by atoms with Crippen LogP contribution >= 0.6 is 27.7 Å². The van der Waals surface area contributed by atoms with Crippen molar-refractivity contribution < 1.29 is 9.59 Å². The third-order valence-electron chi connectivity index (χ3n) is 5.93. The van der Waals surface area contributed by atoms with Crippen LogP contribution in [0.3, 0.4) is 0 Å². The first-order valence-corrected chi connectivity index (χ1v) is 12.2. The molecule has 1 aromatic heterocycles. The smallest absolute Gasteiger partial charge is 0.293 e. The summed E-state index contributed by atoms with van der Waals surface area (Å²) in [5.74, 6) is -0.247. The molecular weight excluding hydrogens is 496 g/mol. The second-order valence-electron chi connectivity index (χ2n) is 8.02. The number of hydrogen-bond donors (Lipinski definition) is 0. The van der Waals surface area contributed by atoms with Crippen LogP contribution in [0.4, 0.5) is 4.79 Å². The van der Waals surface area contributed by atoms with Crippen LogP contribution in [0.1, 0.15) is 22.5 Å². The number of amides is 2. The second-order valence-corrected chi connectivity index (χ2v) is 9.87. The lowest BCUT2D eigenvalue weighted by Gasteiger charge is -2.14. The lowest BCUT2D eigenvalue weighted by atomic mass is 10.0. The number of halogens is 1. The lowest BCUT2D eigenvalue weighted by molar-refractivity contribution is -0.123. The molecule has 4 nitrogen and oxygen atoms in total. The lowest BCUT2D eigenvalue weighted by Crippen LogP contribution is -2.27. The van der Waals surface area contributed by atoms with Gasteiger partial charge in [-0.3, -0.25) is 14.5 Å². The van der Waals surface area contributed by atoms with E-state index < -0.39 is 0 Å². The molecule has 33 heavy (non-hydrogen) atoms. The van der Waals surface area contributed by atoms with Crippen molar-refractivity contribution in [3.05, 3.63) is 105 Å². The van der Waals surface area contributed by atoms with Crippen molar-refractivity contribution >= 4 is 55.7 Å². The van der Waals surface area contributed by atoms with Crippen LogP contribution in [-0.4, -0.2) is 20.6 Å². The standard InChI is InChI=1S/C27H21BrN2O2S/c1-17-14-21(18(2)30(17)24-13-6-5-12-23(24)28)15-25-26(31)29(27(32)33-25)16-20-10-7-9-19-8-3-4-11-22(19)20/h3-15H,16H2,1-2H3/b25-15+. The Morgan fingerprint density at radius 2 is 1.67 bits per heavy atom. The van der Waals surface area contributed by atoms with Crippen LogP contribution in [0, 0.1) is 13.8 Å². The maximum Gasteiger partial charge on any atom is 0.293 e. The van der Waals surface area contributed by atoms with E-state index in [1.54, 1.807) is 0 Å². The van der Waals surface area contributed by atoms with E-state index in [4.69, 9.17) is 0 Å². The summed E-state index contributed by atoms with van der Waals surface area (Å²) in [7, 11) is 0. The average molecular weight is 517 g/mol. The molecule has 2 amide bonds. The van der Waals surface area contributed by atoms with E-state index in [9.17, 15) is 9.59 Å². The van der Waals surface area contributed by atoms with Crippen LogP contribution in [0.25, 0.3) is 22.5 Å². The first-order valence-electron chi connectivity index (χ1n) is 10.6. The van der Waals surface area contributed by atoms with Crippen LogP contribution in [0.2, 0.25) is 0 Å². The van der Waals surface area contributed by atoms with Gasteiger partial charge in [0.1, 0.15) is 0 Å². The van der Waals surface area contributed by atoms with E-state index in [0.717, 1.165) is 55.2 Å². The number of rotatable bonds is 4. The number of fused-ring (bicyclic) bond motifs is 1. The van der Waals surface area contributed by atoms with Gasteiger partial charge in [0.2, 0.25) is 0 Å². The Morgan fingerprint density at radius 1 is 0.939 bits per heavy atom. The van der Waals surface area contributed by atoms with Crippen molar-refractivity contribution in [2.24, 2.45) is 0 Å². The summed E-state index contributed by atoms with van der Waals surface area (Å²) in [5, 5.41) is 1.91. The van der Waals surface area contributed by atoms with Gasteiger partial charge in [-0.2, -0.15) is 0 Å². The Kier molecular flexibility index (Phi) is 5.72. The zero-order chi connectivity index (χ0) is 23.1. The highest BCUT2D eigenvalue weighted by atomic mass is 79.9. The summed E-state index contributed by atoms with van der Waals surface area (Å²) in [4.78, 5) is 27.7. The fourth-order valence-corrected chi connectivity index (χ4v) is 5.61. The van der Waals surface area contributed by atoms with Gasteiger partial charge in [-0.15, -0.1) is 0 Å². The van der Waals surface area contributed by atoms with E-state index in [1.807, 2.05) is 92.7 Å². The average Bonchev–Trinajstić information content (AvgIpc) is 3.23. The molecule has 0 saturated carbocycles. The zero-order valence-electron chi connectivity index (χ0n) is 18.2. The minimum absolute atomic E-state index is 0.237. The van der Waals surface area contributed by atoms with E-state index in [-0.39, 0.29) is 17.7 Å². The topological polar surface area (TPSA) is 42.3 Å². The Balaban J connectivity index is 1.47. The highest BCUT2D eigenvalue weighted by Crippen LogP contribution is 2.36. The molecular formula is C27H21BrN2O2S. The van der Waals surface area contributed by atoms with Gasteiger partial charge in [0.05, 0.1) is 17.1 Å². The number of nitrogens with zero attached hydrogens (tertiary/aromatic N) is 2. The summed E-state index contributed by atoms with van der Waals surface area (Å²) in [6.45, 7) is 4.33. The van der Waals surface area contributed by atoms with Gasteiger partial charge in [0.15, 0.2) is 0 Å². The quantitative estimate of drug-likeness (QED) is 0.268. The number of para-hydroxylation sites is 1. The highest BCUT2D eigenvalue weighted by molar-refractivity contribution is 9.10. The molecule has 4 aromatic rings. The van der Waals surface area contributed by atoms with Crippen molar-refractivity contribution in [2.75, 3.05) is 0 Å². The molecule has 0 unspecified atom stereocenters. The molecule has 0 atom stereocenters. The first kappa shape index (κ1) is 21.7. The number of benzene rings is 3. The van der Waals surface area contributed by atoms with E-state index >= 15 is 0 Å². The summed E-state index contributed by atoms with van der Waals surface area (Å²) < 4.78 is 3.14. The van der Waals surface area contributed by atoms with Gasteiger partial charge in [-0.05, 0) is 87.7 Å². The molecule has 0 N–H and O–H groups in total. The first-order chi connectivity index (χ1) is 15.9. The Hall–Kier alpha value is -3.09. The molecule has 0 bridgehead atoms. The molecule has 1 aliphatic heterocycles. The fraction of sp³-hybridized carbons (Fsp3) is 0.111. The van der Waals surface area contributed by atoms with Gasteiger partial charge in [-0.1, -0.05) is 54.6 Å². The van der Waals surface area contributed by atoms with Crippen LogP contribution in [-0.2, 0) is 11.3 Å². The normalized spacial score (nSPS) is 15.2. The Labute approximate surface area is 205 Å². The molecule has 6 heteroatoms. The van der Waals surface area contributed by atoms with Crippen molar-refractivity contribution in [3.8, 4) is 5.69 Å². The third-order valence-corrected chi connectivity index (χ3v) is 7.51. The minimum Gasteiger partial charge on any atom is -0.317 e. The molecule has 0 spiro atoms. The van der Waals surface area contributed by atoms with E-state index in [2.05, 4.69) is 20.5 Å². The number of carbonyl (C=O) groups is 2. The highest BCUT2D eigenvalue weighted by Gasteiger charge is 2.35. The minimum atomic E-state index is -0.247. The van der Waals surface area contributed by atoms with Crippen molar-refractivity contribution in [1.29, 1.82) is 0 Å². The molecule has 164 valence electrons. The van der Waals surface area contributed by atoms with Gasteiger partial charge in [0, 0.05) is 15.9 Å². The van der Waals surface area contributed by atoms with Gasteiger partial charge in [0.25, 0.3) is 11.1 Å². The number of carbonyl (C=O) groups excluding carboxylic acids is 2. The number of imide groups is 1. The van der Waals surface area contributed by atoms with Gasteiger partial charge >= 0.3 is 0 Å². The molecule has 0 radical (unpaired) electrons. The van der Waals surface area contributed by atoms with Gasteiger partial charge < -0.3 is 4.57 Å². The summed E-state index contributed by atoms with van der Waals surface area (Å²) >= 11 is 4.63. The molecule has 1 fully saturated rings. The number of thioether (sulfide) groups is 1. The molecule has 1 saturated heterocycles. The maximum atomic E-state index is 13.2. The summed E-state index contributed by atoms with van der Waals surface area (Å²) in [6, 6.07) is 24.1. The Morgan fingerprint density at radius 3 is 2.48 bits per heavy atom. The van der Waals surface area contributed by atoms with E-state index in [0.29, 0.717) is 4.91 Å². The maximum absolute atomic E-state index is 13.2. The molecule has 5 rings (SSSR count). The van der Waals surface area contributed by atoms with Crippen molar-refractivity contribution in [3.63, 3.8) is 0 Å². The zero-order valence-corrected chi connectivity index (χ0v) is 20.6. The Bertz CT molecular complexity index is 1450. The van der Waals surface area contributed by atoms with Crippen molar-refractivity contribution in [1.82, 2.24) is 9.47 Å². The number of aromatic nitrogens is 1. The predicted octanol–water partition coefficient (Wildman–Crippen LogP) is 7.25. The van der Waals surface area contributed by atoms with Crippen LogP contribution < -0.4 is 0 Å². The van der Waals surface area contributed by atoms with E-state index in [1.165, 1.54) is 4.90 Å². The summed E-state index contributed by atoms with van der Waals surface area (Å²) in [6.07, 6.45) is 1.84. The molecule has 2 heterocycles. The van der Waals surface area contributed by atoms with Crippen molar-refractivity contribution in [2.45, 2.75) is 20.4 Å². The number of aryl methyl sites for hydroxylation is 1. The SMILES string of the molecule is Cc1cc(/C=C2/SC(=O)N(Cc3cccc4ccccc34)C2=O)c(C)n1-c1ccccc1Br. The predicted molar refractivity (Wildman–Crippen MR) is 138 cm³/mol. The second kappa shape index (κ2) is 8.69. The number of hydrogen-bond acceptors (Lipinski definition) is 3. The third kappa shape index (κ3) is 3.94. The molecule has 1 aliphatic rings. The van der Waals surface area contributed by atoms with Gasteiger partial charge in [-0.25, -0.2) is 0 Å². The fourth-order valence-electron chi connectivity index (χ4n) is 4.32.